The average molecular weight is 226 g/mol. The van der Waals surface area contributed by atoms with Gasteiger partial charge >= 0.3 is 0 Å². The SMILES string of the molecule is CC1CC(N)CCC1C(=O)N1CCOCC1. The Hall–Kier alpha value is -0.610. The van der Waals surface area contributed by atoms with Crippen molar-refractivity contribution in [3.05, 3.63) is 0 Å². The zero-order valence-electron chi connectivity index (χ0n) is 10.0. The van der Waals surface area contributed by atoms with E-state index in [1.807, 2.05) is 4.90 Å². The average Bonchev–Trinajstić information content (AvgIpc) is 2.29. The lowest BCUT2D eigenvalue weighted by Gasteiger charge is -2.36. The highest BCUT2D eigenvalue weighted by Gasteiger charge is 2.33. The number of morpholine rings is 1. The molecule has 4 nitrogen and oxygen atoms in total. The molecule has 2 fully saturated rings. The zero-order chi connectivity index (χ0) is 11.5. The molecule has 0 bridgehead atoms. The van der Waals surface area contributed by atoms with E-state index in [1.54, 1.807) is 0 Å². The van der Waals surface area contributed by atoms with Crippen LogP contribution in [0.25, 0.3) is 0 Å². The molecule has 0 radical (unpaired) electrons. The molecule has 0 aromatic heterocycles. The first-order valence-electron chi connectivity index (χ1n) is 6.30. The van der Waals surface area contributed by atoms with Crippen LogP contribution in [0.4, 0.5) is 0 Å². The summed E-state index contributed by atoms with van der Waals surface area (Å²) in [6.07, 6.45) is 2.93. The minimum absolute atomic E-state index is 0.192. The van der Waals surface area contributed by atoms with Gasteiger partial charge in [0.15, 0.2) is 0 Å². The predicted molar refractivity (Wildman–Crippen MR) is 61.9 cm³/mol. The van der Waals surface area contributed by atoms with Gasteiger partial charge < -0.3 is 15.4 Å². The molecule has 0 aromatic carbocycles. The number of amides is 1. The van der Waals surface area contributed by atoms with E-state index in [0.717, 1.165) is 32.4 Å². The predicted octanol–water partition coefficient (Wildman–Crippen LogP) is 0.609. The maximum Gasteiger partial charge on any atom is 0.226 e. The summed E-state index contributed by atoms with van der Waals surface area (Å²) in [4.78, 5) is 14.3. The van der Waals surface area contributed by atoms with Gasteiger partial charge in [-0.05, 0) is 25.2 Å². The van der Waals surface area contributed by atoms with Crippen LogP contribution in [0.2, 0.25) is 0 Å². The van der Waals surface area contributed by atoms with E-state index in [2.05, 4.69) is 6.92 Å². The van der Waals surface area contributed by atoms with Crippen molar-refractivity contribution in [2.24, 2.45) is 17.6 Å². The third kappa shape index (κ3) is 2.55. The Morgan fingerprint density at radius 3 is 2.62 bits per heavy atom. The lowest BCUT2D eigenvalue weighted by molar-refractivity contribution is -0.142. The van der Waals surface area contributed by atoms with Crippen LogP contribution in [0.3, 0.4) is 0 Å². The van der Waals surface area contributed by atoms with Gasteiger partial charge in [-0.15, -0.1) is 0 Å². The lowest BCUT2D eigenvalue weighted by Crippen LogP contribution is -2.47. The van der Waals surface area contributed by atoms with Crippen molar-refractivity contribution in [3.8, 4) is 0 Å². The molecule has 2 aliphatic rings. The van der Waals surface area contributed by atoms with Crippen LogP contribution in [0.1, 0.15) is 26.2 Å². The highest BCUT2D eigenvalue weighted by molar-refractivity contribution is 5.79. The van der Waals surface area contributed by atoms with Crippen LogP contribution in [0.5, 0.6) is 0 Å². The van der Waals surface area contributed by atoms with Crippen LogP contribution >= 0.6 is 0 Å². The van der Waals surface area contributed by atoms with Crippen molar-refractivity contribution in [1.29, 1.82) is 0 Å². The molecule has 1 amide bonds. The smallest absolute Gasteiger partial charge is 0.226 e. The van der Waals surface area contributed by atoms with Crippen LogP contribution in [-0.2, 0) is 9.53 Å². The quantitative estimate of drug-likeness (QED) is 0.712. The Kier molecular flexibility index (Phi) is 3.82. The van der Waals surface area contributed by atoms with Gasteiger partial charge in [0.2, 0.25) is 5.91 Å². The van der Waals surface area contributed by atoms with Gasteiger partial charge in [0.25, 0.3) is 0 Å². The maximum atomic E-state index is 12.3. The largest absolute Gasteiger partial charge is 0.378 e. The molecular weight excluding hydrogens is 204 g/mol. The second-order valence-corrected chi connectivity index (χ2v) is 5.09. The standard InChI is InChI=1S/C12H22N2O2/c1-9-8-10(13)2-3-11(9)12(15)14-4-6-16-7-5-14/h9-11H,2-8,13H2,1H3. The third-order valence-corrected chi connectivity index (χ3v) is 3.85. The Labute approximate surface area is 97.1 Å². The summed E-state index contributed by atoms with van der Waals surface area (Å²) in [6.45, 7) is 5.04. The Morgan fingerprint density at radius 2 is 2.00 bits per heavy atom. The second kappa shape index (κ2) is 5.15. The van der Waals surface area contributed by atoms with Gasteiger partial charge in [-0.1, -0.05) is 6.92 Å². The van der Waals surface area contributed by atoms with Crippen LogP contribution in [0.15, 0.2) is 0 Å². The Balaban J connectivity index is 1.92. The highest BCUT2D eigenvalue weighted by Crippen LogP contribution is 2.30. The summed E-state index contributed by atoms with van der Waals surface area (Å²) in [5.41, 5.74) is 5.92. The van der Waals surface area contributed by atoms with Crippen molar-refractivity contribution < 1.29 is 9.53 Å². The Bertz CT molecular complexity index is 251. The lowest BCUT2D eigenvalue weighted by atomic mass is 9.77. The molecule has 0 spiro atoms. The molecule has 1 aliphatic heterocycles. The monoisotopic (exact) mass is 226 g/mol. The number of hydrogen-bond donors (Lipinski definition) is 1. The number of carbonyl (C=O) groups is 1. The summed E-state index contributed by atoms with van der Waals surface area (Å²) in [7, 11) is 0. The fourth-order valence-electron chi connectivity index (χ4n) is 2.82. The van der Waals surface area contributed by atoms with Gasteiger partial charge in [-0.3, -0.25) is 4.79 Å². The van der Waals surface area contributed by atoms with Crippen molar-refractivity contribution in [3.63, 3.8) is 0 Å². The summed E-state index contributed by atoms with van der Waals surface area (Å²) < 4.78 is 5.27. The van der Waals surface area contributed by atoms with Gasteiger partial charge in [0.1, 0.15) is 0 Å². The fourth-order valence-corrected chi connectivity index (χ4v) is 2.82. The molecule has 4 heteroatoms. The van der Waals surface area contributed by atoms with Gasteiger partial charge in [0.05, 0.1) is 13.2 Å². The van der Waals surface area contributed by atoms with Crippen LogP contribution in [-0.4, -0.2) is 43.2 Å². The topological polar surface area (TPSA) is 55.6 Å². The summed E-state index contributed by atoms with van der Waals surface area (Å²) in [5, 5.41) is 0. The maximum absolute atomic E-state index is 12.3. The molecular formula is C12H22N2O2. The summed E-state index contributed by atoms with van der Waals surface area (Å²) in [5.74, 6) is 0.944. The first-order valence-corrected chi connectivity index (χ1v) is 6.30. The van der Waals surface area contributed by atoms with E-state index < -0.39 is 0 Å². The van der Waals surface area contributed by atoms with E-state index in [-0.39, 0.29) is 5.92 Å². The van der Waals surface area contributed by atoms with Crippen molar-refractivity contribution in [2.45, 2.75) is 32.2 Å². The zero-order valence-corrected chi connectivity index (χ0v) is 10.0. The molecule has 1 heterocycles. The third-order valence-electron chi connectivity index (χ3n) is 3.85. The number of rotatable bonds is 1. The van der Waals surface area contributed by atoms with E-state index in [9.17, 15) is 4.79 Å². The van der Waals surface area contributed by atoms with Crippen molar-refractivity contribution in [2.75, 3.05) is 26.3 Å². The summed E-state index contributed by atoms with van der Waals surface area (Å²) >= 11 is 0. The molecule has 92 valence electrons. The van der Waals surface area contributed by atoms with Gasteiger partial charge in [0, 0.05) is 25.0 Å². The van der Waals surface area contributed by atoms with E-state index in [1.165, 1.54) is 0 Å². The molecule has 1 saturated carbocycles. The number of nitrogens with zero attached hydrogens (tertiary/aromatic N) is 1. The molecule has 1 aliphatic carbocycles. The van der Waals surface area contributed by atoms with Crippen LogP contribution in [0, 0.1) is 11.8 Å². The highest BCUT2D eigenvalue weighted by atomic mass is 16.5. The van der Waals surface area contributed by atoms with E-state index in [4.69, 9.17) is 10.5 Å². The van der Waals surface area contributed by atoms with Gasteiger partial charge in [-0.25, -0.2) is 0 Å². The van der Waals surface area contributed by atoms with Gasteiger partial charge in [-0.2, -0.15) is 0 Å². The number of nitrogens with two attached hydrogens (primary N) is 1. The number of hydrogen-bond acceptors (Lipinski definition) is 3. The fraction of sp³-hybridized carbons (Fsp3) is 0.917. The minimum Gasteiger partial charge on any atom is -0.378 e. The van der Waals surface area contributed by atoms with E-state index >= 15 is 0 Å². The molecule has 3 atom stereocenters. The minimum atomic E-state index is 0.192. The van der Waals surface area contributed by atoms with Crippen LogP contribution < -0.4 is 5.73 Å². The first-order chi connectivity index (χ1) is 7.68. The number of ether oxygens (including phenoxy) is 1. The van der Waals surface area contributed by atoms with Crippen molar-refractivity contribution >= 4 is 5.91 Å². The van der Waals surface area contributed by atoms with Crippen molar-refractivity contribution in [1.82, 2.24) is 4.90 Å². The second-order valence-electron chi connectivity index (χ2n) is 5.09. The molecule has 2 N–H and O–H groups in total. The molecule has 2 rings (SSSR count). The molecule has 3 unspecified atom stereocenters. The first kappa shape index (κ1) is 11.9. The molecule has 16 heavy (non-hydrogen) atoms. The van der Waals surface area contributed by atoms with E-state index in [0.29, 0.717) is 31.1 Å². The summed E-state index contributed by atoms with van der Waals surface area (Å²) in [6, 6.07) is 0.295. The molecule has 0 aromatic rings. The Morgan fingerprint density at radius 1 is 1.31 bits per heavy atom. The number of carbonyl (C=O) groups excluding carboxylic acids is 1. The normalized spacial score (nSPS) is 36.1. The molecule has 1 saturated heterocycles.